The summed E-state index contributed by atoms with van der Waals surface area (Å²) in [5.74, 6) is 1.55. The minimum atomic E-state index is -2.68. The molecule has 3 heterocycles. The third-order valence-electron chi connectivity index (χ3n) is 3.67. The van der Waals surface area contributed by atoms with Gasteiger partial charge < -0.3 is 11.1 Å². The topological polar surface area (TPSA) is 149 Å². The van der Waals surface area contributed by atoms with Crippen molar-refractivity contribution in [2.75, 3.05) is 11.1 Å². The number of hydrogen-bond acceptors (Lipinski definition) is 9. The molecule has 0 spiro atoms. The van der Waals surface area contributed by atoms with Crippen LogP contribution in [0.1, 0.15) is 17.1 Å². The number of nitrogens with one attached hydrogen (secondary N) is 2. The Morgan fingerprint density at radius 1 is 1.15 bits per heavy atom. The van der Waals surface area contributed by atoms with E-state index >= 15 is 0 Å². The number of nitrogens with zero attached hydrogens (tertiary/aromatic N) is 5. The van der Waals surface area contributed by atoms with Crippen LogP contribution < -0.4 is 15.8 Å². The largest absolute Gasteiger partial charge is 0.368 e. The summed E-state index contributed by atoms with van der Waals surface area (Å²) in [7, 11) is -2.68. The first-order valence-electron chi connectivity index (χ1n) is 7.96. The van der Waals surface area contributed by atoms with E-state index < -0.39 is 10.9 Å². The van der Waals surface area contributed by atoms with Crippen LogP contribution in [-0.4, -0.2) is 33.3 Å². The van der Waals surface area contributed by atoms with Crippen molar-refractivity contribution in [1.82, 2.24) is 29.6 Å². The number of aryl methyl sites for hydroxylation is 2. The van der Waals surface area contributed by atoms with E-state index in [2.05, 4.69) is 35.0 Å². The second-order valence-corrected chi connectivity index (χ2v) is 6.48. The molecule has 0 aliphatic heterocycles. The molecule has 0 unspecified atom stereocenters. The summed E-state index contributed by atoms with van der Waals surface area (Å²) in [6.45, 7) is 3.70. The van der Waals surface area contributed by atoms with E-state index in [0.29, 0.717) is 28.7 Å². The van der Waals surface area contributed by atoms with Crippen LogP contribution in [0, 0.1) is 13.8 Å². The number of nitrogen functional groups attached to an aromatic ring is 1. The van der Waals surface area contributed by atoms with E-state index in [9.17, 15) is 8.42 Å². The van der Waals surface area contributed by atoms with Crippen LogP contribution in [0.4, 0.5) is 17.5 Å². The number of aromatic nitrogens is 5. The van der Waals surface area contributed by atoms with E-state index in [-0.39, 0.29) is 12.5 Å². The molecule has 0 saturated carbocycles. The van der Waals surface area contributed by atoms with Crippen molar-refractivity contribution in [3.8, 4) is 11.4 Å². The molecule has 0 aliphatic carbocycles. The lowest BCUT2D eigenvalue weighted by Gasteiger charge is -2.12. The molecule has 0 atom stereocenters. The highest BCUT2D eigenvalue weighted by Crippen LogP contribution is 2.26. The third kappa shape index (κ3) is 4.71. The van der Waals surface area contributed by atoms with E-state index in [1.807, 2.05) is 6.07 Å². The normalized spacial score (nSPS) is 10.9. The fourth-order valence-corrected chi connectivity index (χ4v) is 2.72. The zero-order valence-electron chi connectivity index (χ0n) is 14.7. The van der Waals surface area contributed by atoms with E-state index in [4.69, 9.17) is 5.73 Å². The molecule has 0 amide bonds. The van der Waals surface area contributed by atoms with Gasteiger partial charge in [-0.2, -0.15) is 9.97 Å². The lowest BCUT2D eigenvalue weighted by atomic mass is 10.2. The summed E-state index contributed by atoms with van der Waals surface area (Å²) < 4.78 is 23.9. The quantitative estimate of drug-likeness (QED) is 0.453. The maximum atomic E-state index is 10.8. The summed E-state index contributed by atoms with van der Waals surface area (Å²) in [6.07, 6.45) is 3.27. The van der Waals surface area contributed by atoms with Crippen molar-refractivity contribution >= 4 is 28.3 Å². The monoisotopic (exact) mass is 386 g/mol. The summed E-state index contributed by atoms with van der Waals surface area (Å²) >= 11 is 0. The Bertz CT molecular complexity index is 1030. The van der Waals surface area contributed by atoms with Crippen LogP contribution in [0.15, 0.2) is 30.6 Å². The predicted molar refractivity (Wildman–Crippen MR) is 102 cm³/mol. The van der Waals surface area contributed by atoms with Gasteiger partial charge in [-0.05, 0) is 37.6 Å². The number of hydrogen-bond donors (Lipinski definition) is 4. The standard InChI is InChI=1S/C16H18N8O2S/c1-9-11(7-20-27(25)26)6-12(8-19-9)23-14-13(4-3-5-18-14)15-21-10(2)22-16(17)24-15/h3-6,8,27H,7H2,1-2H3,(H,18,23)(H,20,25,26)(H2,17,21,22,24). The molecule has 0 bridgehead atoms. The van der Waals surface area contributed by atoms with Crippen LogP contribution in [-0.2, 0) is 17.4 Å². The van der Waals surface area contributed by atoms with Crippen molar-refractivity contribution < 1.29 is 8.42 Å². The average molecular weight is 386 g/mol. The fourth-order valence-electron chi connectivity index (χ4n) is 2.42. The van der Waals surface area contributed by atoms with Crippen molar-refractivity contribution in [2.24, 2.45) is 0 Å². The predicted octanol–water partition coefficient (Wildman–Crippen LogP) is 0.887. The Morgan fingerprint density at radius 3 is 2.70 bits per heavy atom. The fraction of sp³-hybridized carbons (Fsp3) is 0.188. The van der Waals surface area contributed by atoms with Gasteiger partial charge in [0.2, 0.25) is 16.8 Å². The van der Waals surface area contributed by atoms with Gasteiger partial charge in [0.25, 0.3) is 0 Å². The van der Waals surface area contributed by atoms with Gasteiger partial charge in [-0.15, -0.1) is 0 Å². The molecule has 0 aromatic carbocycles. The SMILES string of the molecule is Cc1nc(N)nc(-c2cccnc2Nc2cnc(C)c(CN[SH](=O)=O)c2)n1. The van der Waals surface area contributed by atoms with Crippen LogP contribution >= 0.6 is 0 Å². The molecule has 0 fully saturated rings. The highest BCUT2D eigenvalue weighted by Gasteiger charge is 2.12. The first-order valence-corrected chi connectivity index (χ1v) is 9.14. The minimum Gasteiger partial charge on any atom is -0.368 e. The molecule has 0 aliphatic rings. The van der Waals surface area contributed by atoms with Gasteiger partial charge in [-0.3, -0.25) is 4.98 Å². The van der Waals surface area contributed by atoms with E-state index in [1.165, 1.54) is 0 Å². The lowest BCUT2D eigenvalue weighted by molar-refractivity contribution is 0.601. The average Bonchev–Trinajstić information content (AvgIpc) is 2.61. The summed E-state index contributed by atoms with van der Waals surface area (Å²) in [5.41, 5.74) is 8.50. The van der Waals surface area contributed by atoms with Gasteiger partial charge in [-0.1, -0.05) is 0 Å². The van der Waals surface area contributed by atoms with Crippen molar-refractivity contribution in [3.05, 3.63) is 47.7 Å². The Balaban J connectivity index is 1.94. The summed E-state index contributed by atoms with van der Waals surface area (Å²) in [5, 5.41) is 3.17. The number of thiol groups is 1. The molecule has 3 aromatic rings. The second kappa shape index (κ2) is 8.01. The van der Waals surface area contributed by atoms with Gasteiger partial charge in [0, 0.05) is 18.4 Å². The van der Waals surface area contributed by atoms with E-state index in [1.54, 1.807) is 38.4 Å². The maximum absolute atomic E-state index is 10.8. The highest BCUT2D eigenvalue weighted by molar-refractivity contribution is 7.70. The molecule has 0 saturated heterocycles. The van der Waals surface area contributed by atoms with Crippen molar-refractivity contribution in [2.45, 2.75) is 20.4 Å². The first-order chi connectivity index (χ1) is 12.9. The molecule has 3 rings (SSSR count). The van der Waals surface area contributed by atoms with Gasteiger partial charge in [0.15, 0.2) is 5.82 Å². The van der Waals surface area contributed by atoms with E-state index in [0.717, 1.165) is 11.3 Å². The lowest BCUT2D eigenvalue weighted by Crippen LogP contribution is -2.12. The van der Waals surface area contributed by atoms with Crippen LogP contribution in [0.25, 0.3) is 11.4 Å². The molecule has 3 aromatic heterocycles. The summed E-state index contributed by atoms with van der Waals surface area (Å²) in [4.78, 5) is 21.1. The van der Waals surface area contributed by atoms with Crippen LogP contribution in [0.3, 0.4) is 0 Å². The molecular weight excluding hydrogens is 368 g/mol. The maximum Gasteiger partial charge on any atom is 0.223 e. The molecule has 10 nitrogen and oxygen atoms in total. The van der Waals surface area contributed by atoms with Crippen LogP contribution in [0.5, 0.6) is 0 Å². The Labute approximate surface area is 157 Å². The molecule has 0 radical (unpaired) electrons. The van der Waals surface area contributed by atoms with Gasteiger partial charge in [0.05, 0.1) is 17.4 Å². The van der Waals surface area contributed by atoms with Crippen molar-refractivity contribution in [1.29, 1.82) is 0 Å². The van der Waals surface area contributed by atoms with Gasteiger partial charge in [0.1, 0.15) is 11.6 Å². The highest BCUT2D eigenvalue weighted by atomic mass is 32.2. The zero-order chi connectivity index (χ0) is 19.4. The number of nitrogens with two attached hydrogens (primary N) is 1. The van der Waals surface area contributed by atoms with Crippen molar-refractivity contribution in [3.63, 3.8) is 0 Å². The first kappa shape index (κ1) is 18.6. The molecule has 140 valence electrons. The van der Waals surface area contributed by atoms with Crippen LogP contribution in [0.2, 0.25) is 0 Å². The second-order valence-electron chi connectivity index (χ2n) is 5.65. The molecule has 11 heteroatoms. The van der Waals surface area contributed by atoms with Gasteiger partial charge >= 0.3 is 0 Å². The number of pyridine rings is 2. The molecule has 27 heavy (non-hydrogen) atoms. The smallest absolute Gasteiger partial charge is 0.223 e. The number of rotatable bonds is 6. The molecular formula is C16H18N8O2S. The Hall–Kier alpha value is -3.18. The third-order valence-corrected chi connectivity index (χ3v) is 4.08. The number of anilines is 3. The molecule has 4 N–H and O–H groups in total. The Kier molecular flexibility index (Phi) is 5.52. The zero-order valence-corrected chi connectivity index (χ0v) is 15.6. The van der Waals surface area contributed by atoms with Gasteiger partial charge in [-0.25, -0.2) is 23.1 Å². The summed E-state index contributed by atoms with van der Waals surface area (Å²) in [6, 6.07) is 5.39. The minimum absolute atomic E-state index is 0.129. The Morgan fingerprint density at radius 2 is 1.96 bits per heavy atom.